The highest BCUT2D eigenvalue weighted by atomic mass is 19.4. The molecule has 35 heavy (non-hydrogen) atoms. The molecule has 0 amide bonds. The fraction of sp³-hybridized carbons (Fsp3) is 0.217. The van der Waals surface area contributed by atoms with Crippen LogP contribution in [0.2, 0.25) is 0 Å². The maximum absolute atomic E-state index is 14.5. The van der Waals surface area contributed by atoms with Crippen LogP contribution in [0.4, 0.5) is 23.5 Å². The number of ether oxygens (including phenoxy) is 1. The number of aryl methyl sites for hydroxylation is 1. The number of nitrogens with zero attached hydrogens (tertiary/aromatic N) is 6. The average Bonchev–Trinajstić information content (AvgIpc) is 3.56. The van der Waals surface area contributed by atoms with E-state index in [1.807, 2.05) is 0 Å². The smallest absolute Gasteiger partial charge is 0.434 e. The highest BCUT2D eigenvalue weighted by Gasteiger charge is 2.34. The van der Waals surface area contributed by atoms with E-state index < -0.39 is 11.9 Å². The van der Waals surface area contributed by atoms with E-state index in [1.54, 1.807) is 29.7 Å². The van der Waals surface area contributed by atoms with Crippen molar-refractivity contribution in [3.8, 4) is 16.9 Å². The van der Waals surface area contributed by atoms with Gasteiger partial charge >= 0.3 is 6.18 Å². The molecule has 0 radical (unpaired) electrons. The Kier molecular flexibility index (Phi) is 4.66. The van der Waals surface area contributed by atoms with Gasteiger partial charge in [-0.3, -0.25) is 4.40 Å². The molecule has 0 saturated carbocycles. The van der Waals surface area contributed by atoms with Gasteiger partial charge in [-0.25, -0.2) is 14.4 Å². The highest BCUT2D eigenvalue weighted by molar-refractivity contribution is 5.86. The molecule has 0 saturated heterocycles. The minimum atomic E-state index is -4.58. The van der Waals surface area contributed by atoms with E-state index >= 15 is 0 Å². The Morgan fingerprint density at radius 2 is 2.00 bits per heavy atom. The maximum Gasteiger partial charge on any atom is 0.434 e. The fourth-order valence-corrected chi connectivity index (χ4v) is 4.39. The summed E-state index contributed by atoms with van der Waals surface area (Å²) >= 11 is 0. The normalized spacial score (nSPS) is 13.4. The number of hydrogen-bond acceptors (Lipinski definition) is 6. The number of pyridine rings is 1. The van der Waals surface area contributed by atoms with Crippen LogP contribution in [0.5, 0.6) is 5.75 Å². The van der Waals surface area contributed by atoms with Gasteiger partial charge in [0.2, 0.25) is 5.95 Å². The van der Waals surface area contributed by atoms with Crippen molar-refractivity contribution in [2.24, 2.45) is 0 Å². The van der Waals surface area contributed by atoms with Gasteiger partial charge in [0.05, 0.1) is 6.61 Å². The van der Waals surface area contributed by atoms with Crippen molar-refractivity contribution in [2.75, 3.05) is 11.9 Å². The molecule has 5 heterocycles. The molecule has 8 nitrogen and oxygen atoms in total. The predicted octanol–water partition coefficient (Wildman–Crippen LogP) is 4.45. The monoisotopic (exact) mass is 483 g/mol. The van der Waals surface area contributed by atoms with Crippen molar-refractivity contribution in [2.45, 2.75) is 26.1 Å². The molecule has 0 bridgehead atoms. The van der Waals surface area contributed by atoms with Gasteiger partial charge in [-0.2, -0.15) is 13.2 Å². The van der Waals surface area contributed by atoms with Crippen LogP contribution >= 0.6 is 0 Å². The van der Waals surface area contributed by atoms with Crippen LogP contribution in [0, 0.1) is 12.7 Å². The maximum atomic E-state index is 14.5. The lowest BCUT2D eigenvalue weighted by atomic mass is 10.0. The SMILES string of the molecule is Cc1cc(-c2cnc(NCc3c(F)ccc4c3CCO4)n3cnnc23)c2nc(C(F)(F)F)cn2c1. The Morgan fingerprint density at radius 3 is 2.83 bits per heavy atom. The number of anilines is 1. The van der Waals surface area contributed by atoms with Crippen molar-refractivity contribution < 1.29 is 22.3 Å². The van der Waals surface area contributed by atoms with Gasteiger partial charge in [0.1, 0.15) is 23.5 Å². The zero-order valence-corrected chi connectivity index (χ0v) is 18.3. The number of rotatable bonds is 4. The molecular weight excluding hydrogens is 466 g/mol. The Bertz CT molecular complexity index is 1610. The first kappa shape index (κ1) is 21.3. The largest absolute Gasteiger partial charge is 0.493 e. The topological polar surface area (TPSA) is 81.6 Å². The van der Waals surface area contributed by atoms with Gasteiger partial charge < -0.3 is 14.5 Å². The number of aromatic nitrogens is 6. The summed E-state index contributed by atoms with van der Waals surface area (Å²) in [5.41, 5.74) is 2.43. The molecule has 0 atom stereocenters. The third kappa shape index (κ3) is 3.52. The van der Waals surface area contributed by atoms with E-state index in [9.17, 15) is 17.6 Å². The van der Waals surface area contributed by atoms with E-state index in [1.165, 1.54) is 23.0 Å². The van der Waals surface area contributed by atoms with Crippen LogP contribution in [-0.2, 0) is 19.1 Å². The summed E-state index contributed by atoms with van der Waals surface area (Å²) in [5.74, 6) is 0.676. The summed E-state index contributed by atoms with van der Waals surface area (Å²) in [4.78, 5) is 8.26. The molecule has 0 unspecified atom stereocenters. The zero-order chi connectivity index (χ0) is 24.3. The van der Waals surface area contributed by atoms with Gasteiger partial charge in [0.15, 0.2) is 11.3 Å². The zero-order valence-electron chi connectivity index (χ0n) is 18.3. The standard InChI is InChI=1S/C23H17F4N7O/c1-12-6-14(20-31-19(23(25,26)27)10-33(20)9-12)16-8-29-22(34-11-30-32-21(16)34)28-7-15-13-4-5-35-18(13)3-2-17(15)24/h2-3,6,8-11H,4-5,7H2,1H3,(H,28,29). The number of benzene rings is 1. The van der Waals surface area contributed by atoms with Gasteiger partial charge in [-0.05, 0) is 30.7 Å². The number of alkyl halides is 3. The van der Waals surface area contributed by atoms with Crippen LogP contribution < -0.4 is 10.1 Å². The van der Waals surface area contributed by atoms with Gasteiger partial charge in [-0.15, -0.1) is 10.2 Å². The predicted molar refractivity (Wildman–Crippen MR) is 118 cm³/mol. The van der Waals surface area contributed by atoms with Gasteiger partial charge in [-0.1, -0.05) is 0 Å². The first-order valence-corrected chi connectivity index (χ1v) is 10.7. The summed E-state index contributed by atoms with van der Waals surface area (Å²) < 4.78 is 62.8. The first-order valence-electron chi connectivity index (χ1n) is 10.7. The van der Waals surface area contributed by atoms with Crippen molar-refractivity contribution in [1.82, 2.24) is 29.0 Å². The van der Waals surface area contributed by atoms with E-state index in [0.717, 1.165) is 17.3 Å². The highest BCUT2D eigenvalue weighted by Crippen LogP contribution is 2.34. The number of imidazole rings is 1. The Balaban J connectivity index is 1.41. The average molecular weight is 483 g/mol. The fourth-order valence-electron chi connectivity index (χ4n) is 4.39. The van der Waals surface area contributed by atoms with E-state index in [0.29, 0.717) is 47.1 Å². The van der Waals surface area contributed by atoms with Crippen LogP contribution in [0.25, 0.3) is 22.4 Å². The lowest BCUT2D eigenvalue weighted by Gasteiger charge is -2.13. The number of fused-ring (bicyclic) bond motifs is 3. The molecular formula is C23H17F4N7O. The molecule has 1 aliphatic heterocycles. The van der Waals surface area contributed by atoms with Crippen molar-refractivity contribution in [3.05, 3.63) is 71.3 Å². The first-order chi connectivity index (χ1) is 16.8. The van der Waals surface area contributed by atoms with Crippen LogP contribution in [0.15, 0.2) is 43.1 Å². The molecule has 1 aliphatic rings. The second kappa shape index (κ2) is 7.65. The van der Waals surface area contributed by atoms with E-state index in [-0.39, 0.29) is 18.0 Å². The lowest BCUT2D eigenvalue weighted by molar-refractivity contribution is -0.140. The second-order valence-electron chi connectivity index (χ2n) is 8.26. The summed E-state index contributed by atoms with van der Waals surface area (Å²) in [7, 11) is 0. The third-order valence-corrected chi connectivity index (χ3v) is 5.97. The van der Waals surface area contributed by atoms with Gasteiger partial charge in [0, 0.05) is 53.8 Å². The Morgan fingerprint density at radius 1 is 1.14 bits per heavy atom. The molecule has 4 aromatic heterocycles. The summed E-state index contributed by atoms with van der Waals surface area (Å²) in [6.45, 7) is 2.43. The minimum Gasteiger partial charge on any atom is -0.493 e. The van der Waals surface area contributed by atoms with Crippen molar-refractivity contribution >= 4 is 17.2 Å². The van der Waals surface area contributed by atoms with E-state index in [4.69, 9.17) is 4.74 Å². The molecule has 6 rings (SSSR count). The Labute approximate surface area is 195 Å². The molecule has 0 spiro atoms. The van der Waals surface area contributed by atoms with Crippen LogP contribution in [-0.4, -0.2) is 35.6 Å². The molecule has 1 N–H and O–H groups in total. The molecule has 1 aromatic carbocycles. The lowest BCUT2D eigenvalue weighted by Crippen LogP contribution is -2.10. The number of nitrogens with one attached hydrogen (secondary N) is 1. The summed E-state index contributed by atoms with van der Waals surface area (Å²) in [6, 6.07) is 4.72. The van der Waals surface area contributed by atoms with E-state index in [2.05, 4.69) is 25.5 Å². The minimum absolute atomic E-state index is 0.122. The number of hydrogen-bond donors (Lipinski definition) is 1. The quantitative estimate of drug-likeness (QED) is 0.381. The van der Waals surface area contributed by atoms with Crippen molar-refractivity contribution in [1.29, 1.82) is 0 Å². The molecule has 178 valence electrons. The number of halogens is 4. The van der Waals surface area contributed by atoms with Crippen LogP contribution in [0.3, 0.4) is 0 Å². The second-order valence-corrected chi connectivity index (χ2v) is 8.26. The molecule has 0 aliphatic carbocycles. The third-order valence-electron chi connectivity index (χ3n) is 5.97. The van der Waals surface area contributed by atoms with Crippen LogP contribution in [0.1, 0.15) is 22.4 Å². The summed E-state index contributed by atoms with van der Waals surface area (Å²) in [6.07, 6.45) is 1.49. The van der Waals surface area contributed by atoms with Crippen molar-refractivity contribution in [3.63, 3.8) is 0 Å². The summed E-state index contributed by atoms with van der Waals surface area (Å²) in [5, 5.41) is 11.2. The molecule has 12 heteroatoms. The molecule has 5 aromatic rings. The molecule has 0 fully saturated rings. The Hall–Kier alpha value is -4.22. The van der Waals surface area contributed by atoms with Gasteiger partial charge in [0.25, 0.3) is 0 Å².